The topological polar surface area (TPSA) is 69.6 Å². The lowest BCUT2D eigenvalue weighted by Gasteiger charge is -2.37. The van der Waals surface area contributed by atoms with Crippen molar-refractivity contribution in [1.82, 2.24) is 10.2 Å². The molecular weight excluding hydrogens is 371 g/mol. The van der Waals surface area contributed by atoms with E-state index in [1.54, 1.807) is 4.90 Å². The summed E-state index contributed by atoms with van der Waals surface area (Å²) in [6.45, 7) is 5.03. The number of aliphatic hydroxyl groups excluding tert-OH is 1. The fourth-order valence-corrected chi connectivity index (χ4v) is 4.52. The van der Waals surface area contributed by atoms with Crippen molar-refractivity contribution < 1.29 is 19.1 Å². The number of rotatable bonds is 5. The average molecular weight is 405 g/mol. The lowest BCUT2D eigenvalue weighted by Crippen LogP contribution is -2.50. The van der Waals surface area contributed by atoms with Crippen molar-refractivity contribution in [3.05, 3.63) is 34.9 Å². The molecule has 29 heavy (non-hydrogen) atoms. The molecule has 1 heterocycles. The SMILES string of the molecule is Cc1ccc(CCC(=O)N[C@H]2CC[C@H](C(=O)N3CCC(F)CC3)C[C@@H]2O)c(C)c1. The molecular formula is C23H33FN2O3. The summed E-state index contributed by atoms with van der Waals surface area (Å²) in [6, 6.07) is 5.93. The maximum atomic E-state index is 13.3. The van der Waals surface area contributed by atoms with Crippen LogP contribution in [0.2, 0.25) is 0 Å². The van der Waals surface area contributed by atoms with Crippen molar-refractivity contribution >= 4 is 11.8 Å². The van der Waals surface area contributed by atoms with Crippen LogP contribution in [0.3, 0.4) is 0 Å². The molecule has 0 aromatic heterocycles. The summed E-state index contributed by atoms with van der Waals surface area (Å²) in [4.78, 5) is 26.8. The van der Waals surface area contributed by atoms with Crippen molar-refractivity contribution in [2.75, 3.05) is 13.1 Å². The van der Waals surface area contributed by atoms with Gasteiger partial charge in [0.15, 0.2) is 0 Å². The van der Waals surface area contributed by atoms with E-state index in [4.69, 9.17) is 0 Å². The third kappa shape index (κ3) is 5.78. The van der Waals surface area contributed by atoms with Gasteiger partial charge in [0.05, 0.1) is 12.1 Å². The third-order valence-electron chi connectivity index (χ3n) is 6.37. The Labute approximate surface area is 172 Å². The summed E-state index contributed by atoms with van der Waals surface area (Å²) in [6.07, 6.45) is 1.93. The first-order valence-corrected chi connectivity index (χ1v) is 10.8. The number of hydrogen-bond acceptors (Lipinski definition) is 3. The van der Waals surface area contributed by atoms with Gasteiger partial charge in [-0.1, -0.05) is 23.8 Å². The molecule has 3 atom stereocenters. The zero-order chi connectivity index (χ0) is 21.0. The largest absolute Gasteiger partial charge is 0.391 e. The molecule has 1 aliphatic heterocycles. The van der Waals surface area contributed by atoms with Crippen molar-refractivity contribution in [3.8, 4) is 0 Å². The highest BCUT2D eigenvalue weighted by molar-refractivity contribution is 5.79. The van der Waals surface area contributed by atoms with Gasteiger partial charge >= 0.3 is 0 Å². The van der Waals surface area contributed by atoms with Crippen molar-refractivity contribution in [3.63, 3.8) is 0 Å². The number of alkyl halides is 1. The molecule has 6 heteroatoms. The Morgan fingerprint density at radius 1 is 1.17 bits per heavy atom. The number of aliphatic hydroxyl groups is 1. The number of hydrogen-bond donors (Lipinski definition) is 2. The number of nitrogens with one attached hydrogen (secondary N) is 1. The third-order valence-corrected chi connectivity index (χ3v) is 6.37. The Kier molecular flexibility index (Phi) is 7.28. The highest BCUT2D eigenvalue weighted by Crippen LogP contribution is 2.28. The quantitative estimate of drug-likeness (QED) is 0.793. The smallest absolute Gasteiger partial charge is 0.225 e. The van der Waals surface area contributed by atoms with Crippen LogP contribution in [0.4, 0.5) is 4.39 Å². The second-order valence-corrected chi connectivity index (χ2v) is 8.68. The van der Waals surface area contributed by atoms with Crippen LogP contribution in [0, 0.1) is 19.8 Å². The maximum Gasteiger partial charge on any atom is 0.225 e. The Hall–Kier alpha value is -1.95. The number of carbonyl (C=O) groups is 2. The van der Waals surface area contributed by atoms with E-state index >= 15 is 0 Å². The minimum Gasteiger partial charge on any atom is -0.391 e. The fraction of sp³-hybridized carbons (Fsp3) is 0.652. The molecule has 1 aliphatic carbocycles. The van der Waals surface area contributed by atoms with Crippen LogP contribution in [0.15, 0.2) is 18.2 Å². The van der Waals surface area contributed by atoms with Gasteiger partial charge < -0.3 is 15.3 Å². The summed E-state index contributed by atoms with van der Waals surface area (Å²) in [5, 5.41) is 13.4. The zero-order valence-electron chi connectivity index (χ0n) is 17.5. The minimum absolute atomic E-state index is 0.0237. The molecule has 1 saturated carbocycles. The highest BCUT2D eigenvalue weighted by atomic mass is 19.1. The fourth-order valence-electron chi connectivity index (χ4n) is 4.52. The first kappa shape index (κ1) is 21.8. The average Bonchev–Trinajstić information content (AvgIpc) is 2.69. The number of carbonyl (C=O) groups excluding carboxylic acids is 2. The van der Waals surface area contributed by atoms with Crippen LogP contribution in [0.1, 0.15) is 55.2 Å². The van der Waals surface area contributed by atoms with Gasteiger partial charge in [0, 0.05) is 25.4 Å². The van der Waals surface area contributed by atoms with E-state index in [1.165, 1.54) is 11.1 Å². The predicted molar refractivity (Wildman–Crippen MR) is 110 cm³/mol. The van der Waals surface area contributed by atoms with Gasteiger partial charge in [0.2, 0.25) is 11.8 Å². The molecule has 0 radical (unpaired) electrons. The first-order chi connectivity index (χ1) is 13.8. The maximum absolute atomic E-state index is 13.3. The van der Waals surface area contributed by atoms with Gasteiger partial charge in [-0.15, -0.1) is 0 Å². The normalized spacial score (nSPS) is 25.7. The van der Waals surface area contributed by atoms with E-state index < -0.39 is 12.3 Å². The Morgan fingerprint density at radius 2 is 1.90 bits per heavy atom. The van der Waals surface area contributed by atoms with E-state index in [1.807, 2.05) is 0 Å². The number of amides is 2. The Morgan fingerprint density at radius 3 is 2.55 bits per heavy atom. The molecule has 2 N–H and O–H groups in total. The summed E-state index contributed by atoms with van der Waals surface area (Å²) >= 11 is 0. The molecule has 0 unspecified atom stereocenters. The van der Waals surface area contributed by atoms with Crippen LogP contribution in [0.25, 0.3) is 0 Å². The standard InChI is InChI=1S/C23H33FN2O3/c1-15-3-4-17(16(2)13-15)6-8-22(28)25-20-7-5-18(14-21(20)27)23(29)26-11-9-19(24)10-12-26/h3-4,13,18-21,27H,5-12,14H2,1-2H3,(H,25,28)/t18-,20-,21-/m0/s1. The molecule has 1 aromatic rings. The van der Waals surface area contributed by atoms with Gasteiger partial charge in [-0.05, 0) is 63.5 Å². The molecule has 1 aromatic carbocycles. The van der Waals surface area contributed by atoms with Crippen molar-refractivity contribution in [2.45, 2.75) is 77.1 Å². The molecule has 2 fully saturated rings. The van der Waals surface area contributed by atoms with E-state index in [0.29, 0.717) is 58.0 Å². The van der Waals surface area contributed by atoms with E-state index in [9.17, 15) is 19.1 Å². The molecule has 0 bridgehead atoms. The zero-order valence-corrected chi connectivity index (χ0v) is 17.5. The Bertz CT molecular complexity index is 731. The summed E-state index contributed by atoms with van der Waals surface area (Å²) in [5.41, 5.74) is 3.56. The second-order valence-electron chi connectivity index (χ2n) is 8.68. The number of nitrogens with zero attached hydrogens (tertiary/aromatic N) is 1. The summed E-state index contributed by atoms with van der Waals surface area (Å²) in [5.74, 6) is -0.274. The molecule has 160 valence electrons. The number of halogens is 1. The molecule has 2 aliphatic rings. The van der Waals surface area contributed by atoms with Crippen LogP contribution < -0.4 is 5.32 Å². The highest BCUT2D eigenvalue weighted by Gasteiger charge is 2.36. The van der Waals surface area contributed by atoms with Gasteiger partial charge in [-0.3, -0.25) is 9.59 Å². The second kappa shape index (κ2) is 9.70. The molecule has 5 nitrogen and oxygen atoms in total. The van der Waals surface area contributed by atoms with Crippen LogP contribution in [-0.2, 0) is 16.0 Å². The molecule has 0 spiro atoms. The Balaban J connectivity index is 1.44. The number of benzene rings is 1. The number of aryl methyl sites for hydroxylation is 3. The van der Waals surface area contributed by atoms with Gasteiger partial charge in [-0.25, -0.2) is 4.39 Å². The summed E-state index contributed by atoms with van der Waals surface area (Å²) in [7, 11) is 0. The monoisotopic (exact) mass is 404 g/mol. The summed E-state index contributed by atoms with van der Waals surface area (Å²) < 4.78 is 13.3. The van der Waals surface area contributed by atoms with E-state index in [2.05, 4.69) is 37.4 Å². The van der Waals surface area contributed by atoms with E-state index in [-0.39, 0.29) is 23.8 Å². The van der Waals surface area contributed by atoms with Crippen molar-refractivity contribution in [2.24, 2.45) is 5.92 Å². The molecule has 3 rings (SSSR count). The predicted octanol–water partition coefficient (Wildman–Crippen LogP) is 2.84. The molecule has 2 amide bonds. The number of likely N-dealkylation sites (tertiary alicyclic amines) is 1. The van der Waals surface area contributed by atoms with Gasteiger partial charge in [0.25, 0.3) is 0 Å². The minimum atomic E-state index is -0.806. The van der Waals surface area contributed by atoms with Crippen LogP contribution in [-0.4, -0.2) is 53.2 Å². The van der Waals surface area contributed by atoms with Crippen LogP contribution in [0.5, 0.6) is 0 Å². The van der Waals surface area contributed by atoms with Crippen molar-refractivity contribution in [1.29, 1.82) is 0 Å². The lowest BCUT2D eigenvalue weighted by molar-refractivity contribution is -0.140. The number of piperidine rings is 1. The van der Waals surface area contributed by atoms with Crippen LogP contribution >= 0.6 is 0 Å². The lowest BCUT2D eigenvalue weighted by atomic mass is 9.82. The van der Waals surface area contributed by atoms with Gasteiger partial charge in [-0.2, -0.15) is 0 Å². The van der Waals surface area contributed by atoms with E-state index in [0.717, 1.165) is 5.56 Å². The van der Waals surface area contributed by atoms with Gasteiger partial charge in [0.1, 0.15) is 6.17 Å². The molecule has 1 saturated heterocycles. The first-order valence-electron chi connectivity index (χ1n) is 10.8.